The van der Waals surface area contributed by atoms with Gasteiger partial charge in [0.05, 0.1) is 10.1 Å². The number of aliphatic hydroxyl groups is 1. The van der Waals surface area contributed by atoms with Gasteiger partial charge in [-0.15, -0.1) is 0 Å². The van der Waals surface area contributed by atoms with Gasteiger partial charge in [0.15, 0.2) is 0 Å². The van der Waals surface area contributed by atoms with E-state index < -0.39 is 15.9 Å². The molecule has 0 unspecified atom stereocenters. The van der Waals surface area contributed by atoms with E-state index in [-0.39, 0.29) is 42.6 Å². The SMILES string of the molecule is O=S(=O)([O-])CCCO.[Na+]. The summed E-state index contributed by atoms with van der Waals surface area (Å²) in [4.78, 5) is 0. The molecule has 0 aromatic carbocycles. The molecule has 0 aliphatic carbocycles. The van der Waals surface area contributed by atoms with Crippen molar-refractivity contribution < 1.29 is 47.6 Å². The zero-order valence-electron chi connectivity index (χ0n) is 5.20. The van der Waals surface area contributed by atoms with Gasteiger partial charge in [-0.25, -0.2) is 8.42 Å². The summed E-state index contributed by atoms with van der Waals surface area (Å²) >= 11 is 0. The molecule has 0 rings (SSSR count). The van der Waals surface area contributed by atoms with Crippen molar-refractivity contribution in [3.8, 4) is 0 Å². The first-order chi connectivity index (χ1) is 3.56. The van der Waals surface area contributed by atoms with Gasteiger partial charge in [0.2, 0.25) is 0 Å². The Labute approximate surface area is 76.3 Å². The van der Waals surface area contributed by atoms with Gasteiger partial charge in [-0.3, -0.25) is 0 Å². The fraction of sp³-hybridized carbons (Fsp3) is 1.00. The Morgan fingerprint density at radius 3 is 2.00 bits per heavy atom. The van der Waals surface area contributed by atoms with E-state index in [0.29, 0.717) is 0 Å². The standard InChI is InChI=1S/C3H8O4S.Na/c4-2-1-3-8(5,6)7;/h4H,1-3H2,(H,5,6,7);/q;+1/p-1. The second kappa shape index (κ2) is 5.64. The maximum Gasteiger partial charge on any atom is 1.00 e. The van der Waals surface area contributed by atoms with E-state index in [1.165, 1.54) is 0 Å². The predicted octanol–water partition coefficient (Wildman–Crippen LogP) is -4.08. The average Bonchev–Trinajstić information content (AvgIpc) is 1.59. The topological polar surface area (TPSA) is 77.4 Å². The second-order valence-corrected chi connectivity index (χ2v) is 2.86. The summed E-state index contributed by atoms with van der Waals surface area (Å²) in [5, 5.41) is 8.03. The Kier molecular flexibility index (Phi) is 7.86. The van der Waals surface area contributed by atoms with Crippen LogP contribution in [0, 0.1) is 0 Å². The van der Waals surface area contributed by atoms with Crippen LogP contribution >= 0.6 is 0 Å². The summed E-state index contributed by atoms with van der Waals surface area (Å²) < 4.78 is 29.2. The van der Waals surface area contributed by atoms with Gasteiger partial charge in [0.1, 0.15) is 0 Å². The Morgan fingerprint density at radius 2 is 1.89 bits per heavy atom. The van der Waals surface area contributed by atoms with Gasteiger partial charge < -0.3 is 9.66 Å². The molecule has 1 N–H and O–H groups in total. The third-order valence-electron chi connectivity index (χ3n) is 0.552. The molecule has 50 valence electrons. The molecule has 0 saturated heterocycles. The molecule has 0 fully saturated rings. The zero-order valence-corrected chi connectivity index (χ0v) is 8.02. The minimum absolute atomic E-state index is 0. The molecular formula is C3H7NaO4S. The molecule has 0 aromatic rings. The Morgan fingerprint density at radius 1 is 1.44 bits per heavy atom. The van der Waals surface area contributed by atoms with Crippen LogP contribution in [0.5, 0.6) is 0 Å². The quantitative estimate of drug-likeness (QED) is 0.338. The van der Waals surface area contributed by atoms with Crippen molar-refractivity contribution in [3.63, 3.8) is 0 Å². The first kappa shape index (κ1) is 12.5. The van der Waals surface area contributed by atoms with Gasteiger partial charge in [0.25, 0.3) is 0 Å². The Hall–Kier alpha value is 0.870. The van der Waals surface area contributed by atoms with Crippen molar-refractivity contribution in [1.82, 2.24) is 0 Å². The smallest absolute Gasteiger partial charge is 0.748 e. The van der Waals surface area contributed by atoms with E-state index in [1.807, 2.05) is 0 Å². The van der Waals surface area contributed by atoms with E-state index in [9.17, 15) is 13.0 Å². The molecule has 0 bridgehead atoms. The second-order valence-electron chi connectivity index (χ2n) is 1.34. The van der Waals surface area contributed by atoms with Gasteiger partial charge >= 0.3 is 29.6 Å². The summed E-state index contributed by atoms with van der Waals surface area (Å²) in [5.74, 6) is -0.469. The first-order valence-electron chi connectivity index (χ1n) is 2.10. The molecular weight excluding hydrogens is 155 g/mol. The minimum Gasteiger partial charge on any atom is -0.748 e. The van der Waals surface area contributed by atoms with E-state index in [4.69, 9.17) is 5.11 Å². The van der Waals surface area contributed by atoms with Crippen LogP contribution in [-0.2, 0) is 10.1 Å². The number of hydrogen-bond acceptors (Lipinski definition) is 4. The molecule has 0 amide bonds. The molecule has 0 aliphatic rings. The van der Waals surface area contributed by atoms with Crippen LogP contribution in [-0.4, -0.2) is 30.4 Å². The van der Waals surface area contributed by atoms with Crippen LogP contribution in [0.25, 0.3) is 0 Å². The molecule has 0 aromatic heterocycles. The van der Waals surface area contributed by atoms with E-state index >= 15 is 0 Å². The number of aliphatic hydroxyl groups excluding tert-OH is 1. The Balaban J connectivity index is 0. The van der Waals surface area contributed by atoms with Gasteiger partial charge in [-0.1, -0.05) is 0 Å². The van der Waals surface area contributed by atoms with Crippen molar-refractivity contribution >= 4 is 10.1 Å². The summed E-state index contributed by atoms with van der Waals surface area (Å²) in [7, 11) is -4.10. The fourth-order valence-electron chi connectivity index (χ4n) is 0.241. The first-order valence-corrected chi connectivity index (χ1v) is 3.68. The van der Waals surface area contributed by atoms with Crippen molar-refractivity contribution in [3.05, 3.63) is 0 Å². The summed E-state index contributed by atoms with van der Waals surface area (Å²) in [5.41, 5.74) is 0. The molecule has 6 heteroatoms. The summed E-state index contributed by atoms with van der Waals surface area (Å²) in [6.07, 6.45) is 0.0336. The largest absolute Gasteiger partial charge is 1.00 e. The number of hydrogen-bond donors (Lipinski definition) is 1. The van der Waals surface area contributed by atoms with Crippen LogP contribution in [0.4, 0.5) is 0 Å². The van der Waals surface area contributed by atoms with Crippen LogP contribution in [0.1, 0.15) is 6.42 Å². The number of rotatable bonds is 3. The van der Waals surface area contributed by atoms with E-state index in [0.717, 1.165) is 0 Å². The molecule has 0 saturated carbocycles. The van der Waals surface area contributed by atoms with Gasteiger partial charge in [-0.2, -0.15) is 0 Å². The van der Waals surface area contributed by atoms with Crippen LogP contribution < -0.4 is 29.6 Å². The maximum atomic E-state index is 9.72. The summed E-state index contributed by atoms with van der Waals surface area (Å²) in [6, 6.07) is 0. The van der Waals surface area contributed by atoms with E-state index in [1.54, 1.807) is 0 Å². The van der Waals surface area contributed by atoms with Gasteiger partial charge in [-0.05, 0) is 6.42 Å². The molecule has 0 atom stereocenters. The van der Waals surface area contributed by atoms with Crippen LogP contribution in [0.15, 0.2) is 0 Å². The van der Waals surface area contributed by atoms with Crippen LogP contribution in [0.3, 0.4) is 0 Å². The minimum atomic E-state index is -4.10. The normalized spacial score (nSPS) is 10.4. The van der Waals surface area contributed by atoms with Crippen LogP contribution in [0.2, 0.25) is 0 Å². The fourth-order valence-corrected chi connectivity index (χ4v) is 0.724. The third-order valence-corrected chi connectivity index (χ3v) is 1.34. The summed E-state index contributed by atoms with van der Waals surface area (Å²) in [6.45, 7) is -0.249. The predicted molar refractivity (Wildman–Crippen MR) is 26.3 cm³/mol. The average molecular weight is 162 g/mol. The van der Waals surface area contributed by atoms with Crippen molar-refractivity contribution in [2.45, 2.75) is 6.42 Å². The third kappa shape index (κ3) is 12.1. The van der Waals surface area contributed by atoms with Crippen molar-refractivity contribution in [2.24, 2.45) is 0 Å². The maximum absolute atomic E-state index is 9.72. The monoisotopic (exact) mass is 162 g/mol. The zero-order chi connectivity index (χ0) is 6.62. The van der Waals surface area contributed by atoms with Gasteiger partial charge in [0, 0.05) is 12.4 Å². The molecule has 9 heavy (non-hydrogen) atoms. The Bertz CT molecular complexity index is 140. The molecule has 0 radical (unpaired) electrons. The molecule has 4 nitrogen and oxygen atoms in total. The molecule has 0 spiro atoms. The van der Waals surface area contributed by atoms with Crippen molar-refractivity contribution in [2.75, 3.05) is 12.4 Å². The molecule has 0 aliphatic heterocycles. The van der Waals surface area contributed by atoms with E-state index in [2.05, 4.69) is 0 Å². The van der Waals surface area contributed by atoms with Crippen molar-refractivity contribution in [1.29, 1.82) is 0 Å². The molecule has 0 heterocycles.